The number of nitrogens with one attached hydrogen (secondary N) is 1. The molecule has 1 saturated heterocycles. The first-order valence-electron chi connectivity index (χ1n) is 15.5. The first kappa shape index (κ1) is 30.6. The zero-order valence-corrected chi connectivity index (χ0v) is 25.4. The van der Waals surface area contributed by atoms with E-state index in [0.717, 1.165) is 60.3 Å². The Labute approximate surface area is 255 Å². The molecule has 228 valence electrons. The van der Waals surface area contributed by atoms with Gasteiger partial charge in [0.25, 0.3) is 0 Å². The average molecular weight is 585 g/mol. The molecule has 1 aliphatic carbocycles. The third kappa shape index (κ3) is 8.60. The van der Waals surface area contributed by atoms with Crippen LogP contribution in [0.2, 0.25) is 0 Å². The van der Waals surface area contributed by atoms with E-state index < -0.39 is 0 Å². The van der Waals surface area contributed by atoms with Gasteiger partial charge in [-0.15, -0.1) is 0 Å². The van der Waals surface area contributed by atoms with Crippen LogP contribution in [0, 0.1) is 24.7 Å². The topological polar surface area (TPSA) is 77.1 Å². The summed E-state index contributed by atoms with van der Waals surface area (Å²) in [5, 5.41) is 2.82. The molecule has 2 fully saturated rings. The average Bonchev–Trinajstić information content (AvgIpc) is 3.47. The molecule has 0 radical (unpaired) electrons. The van der Waals surface area contributed by atoms with Crippen LogP contribution in [0.25, 0.3) is 0 Å². The van der Waals surface area contributed by atoms with Crippen LogP contribution < -0.4 is 10.1 Å². The van der Waals surface area contributed by atoms with E-state index in [1.54, 1.807) is 7.11 Å². The molecule has 3 aromatic rings. The number of aryl methyl sites for hydroxylation is 1. The van der Waals surface area contributed by atoms with Gasteiger partial charge >= 0.3 is 12.1 Å². The van der Waals surface area contributed by atoms with Crippen molar-refractivity contribution in [2.45, 2.75) is 45.1 Å². The number of carbonyl (C=O) groups excluding carboxylic acids is 2. The summed E-state index contributed by atoms with van der Waals surface area (Å²) in [7, 11) is 1.65. The summed E-state index contributed by atoms with van der Waals surface area (Å²) in [6, 6.07) is 26.6. The largest absolute Gasteiger partial charge is 0.496 e. The molecule has 1 heterocycles. The number of ether oxygens (including phenoxy) is 3. The summed E-state index contributed by atoms with van der Waals surface area (Å²) >= 11 is 0. The van der Waals surface area contributed by atoms with Gasteiger partial charge in [-0.3, -0.25) is 9.69 Å². The third-order valence-corrected chi connectivity index (χ3v) is 8.82. The highest BCUT2D eigenvalue weighted by molar-refractivity contribution is 5.72. The summed E-state index contributed by atoms with van der Waals surface area (Å²) < 4.78 is 16.6. The van der Waals surface area contributed by atoms with E-state index in [2.05, 4.69) is 46.6 Å². The van der Waals surface area contributed by atoms with E-state index in [9.17, 15) is 9.59 Å². The summed E-state index contributed by atoms with van der Waals surface area (Å²) in [4.78, 5) is 27.5. The summed E-state index contributed by atoms with van der Waals surface area (Å²) in [6.45, 7) is 6.62. The molecule has 5 rings (SSSR count). The highest BCUT2D eigenvalue weighted by Crippen LogP contribution is 2.53. The summed E-state index contributed by atoms with van der Waals surface area (Å²) in [6.07, 6.45) is 2.17. The molecule has 1 aliphatic heterocycles. The zero-order chi connectivity index (χ0) is 30.0. The van der Waals surface area contributed by atoms with Crippen molar-refractivity contribution in [2.75, 3.05) is 40.0 Å². The van der Waals surface area contributed by atoms with Crippen molar-refractivity contribution >= 4 is 12.1 Å². The van der Waals surface area contributed by atoms with Crippen molar-refractivity contribution in [3.8, 4) is 5.75 Å². The molecular formula is C36H44N2O5. The number of carbonyl (C=O) groups is 2. The number of likely N-dealkylation sites (tertiary alicyclic amines) is 1. The summed E-state index contributed by atoms with van der Waals surface area (Å²) in [5.74, 6) is 2.53. The number of nitrogens with zero attached hydrogens (tertiary/aromatic N) is 1. The lowest BCUT2D eigenvalue weighted by molar-refractivity contribution is -0.144. The fourth-order valence-corrected chi connectivity index (χ4v) is 6.52. The molecule has 3 atom stereocenters. The number of rotatable bonds is 15. The molecular weight excluding hydrogens is 540 g/mol. The number of benzene rings is 3. The van der Waals surface area contributed by atoms with E-state index in [1.807, 2.05) is 49.4 Å². The number of unbranched alkanes of at least 4 members (excludes halogenated alkanes) is 1. The fourth-order valence-electron chi connectivity index (χ4n) is 6.52. The van der Waals surface area contributed by atoms with Crippen LogP contribution in [0.3, 0.4) is 0 Å². The van der Waals surface area contributed by atoms with Crippen LogP contribution in [0.15, 0.2) is 78.9 Å². The maximum Gasteiger partial charge on any atom is 0.407 e. The lowest BCUT2D eigenvalue weighted by Crippen LogP contribution is -2.27. The molecule has 7 nitrogen and oxygen atoms in total. The van der Waals surface area contributed by atoms with Crippen molar-refractivity contribution < 1.29 is 23.8 Å². The van der Waals surface area contributed by atoms with Gasteiger partial charge < -0.3 is 19.5 Å². The minimum atomic E-state index is -0.369. The van der Waals surface area contributed by atoms with Gasteiger partial charge in [-0.25, -0.2) is 4.79 Å². The Bertz CT molecular complexity index is 1320. The molecule has 43 heavy (non-hydrogen) atoms. The lowest BCUT2D eigenvalue weighted by Gasteiger charge is -2.20. The standard InChI is InChI=1S/C36H44N2O5/c1-26-15-16-34(41-2)31(21-26)30(28-13-7-4-8-14-28)22-35(39)42-19-10-9-18-37-36(40)43-20-17-29-32-24-38(25-33(29)32)23-27-11-5-3-6-12-27/h3-8,11-16,21,29-30,32-33H,9-10,17-20,22-25H2,1-2H3,(H,37,40). The number of hydrogen-bond donors (Lipinski definition) is 1. The van der Waals surface area contributed by atoms with Crippen LogP contribution in [0.1, 0.15) is 53.9 Å². The number of amides is 1. The predicted molar refractivity (Wildman–Crippen MR) is 167 cm³/mol. The quantitative estimate of drug-likeness (QED) is 0.166. The number of hydrogen-bond acceptors (Lipinski definition) is 6. The number of methoxy groups -OCH3 is 1. The maximum absolute atomic E-state index is 12.8. The molecule has 7 heteroatoms. The molecule has 0 aromatic heterocycles. The van der Waals surface area contributed by atoms with E-state index >= 15 is 0 Å². The maximum atomic E-state index is 12.8. The van der Waals surface area contributed by atoms with Crippen LogP contribution in [0.4, 0.5) is 4.79 Å². The van der Waals surface area contributed by atoms with Gasteiger partial charge in [0.1, 0.15) is 5.75 Å². The molecule has 0 bridgehead atoms. The molecule has 0 spiro atoms. The molecule has 1 saturated carbocycles. The fraction of sp³-hybridized carbons (Fsp3) is 0.444. The number of fused-ring (bicyclic) bond motifs is 1. The van der Waals surface area contributed by atoms with E-state index in [1.165, 1.54) is 5.56 Å². The van der Waals surface area contributed by atoms with Crippen LogP contribution >= 0.6 is 0 Å². The second-order valence-electron chi connectivity index (χ2n) is 11.9. The van der Waals surface area contributed by atoms with Crippen molar-refractivity contribution in [1.82, 2.24) is 10.2 Å². The van der Waals surface area contributed by atoms with Gasteiger partial charge in [0, 0.05) is 37.7 Å². The highest BCUT2D eigenvalue weighted by Gasteiger charge is 2.54. The third-order valence-electron chi connectivity index (χ3n) is 8.82. The SMILES string of the molecule is COc1ccc(C)cc1C(CC(=O)OCCCCNC(=O)OCCC1C2CN(Cc3ccccc3)CC12)c1ccccc1. The Hall–Kier alpha value is -3.84. The van der Waals surface area contributed by atoms with Crippen molar-refractivity contribution in [1.29, 1.82) is 0 Å². The Morgan fingerprint density at radius 3 is 2.35 bits per heavy atom. The molecule has 1 N–H and O–H groups in total. The molecule has 3 aromatic carbocycles. The molecule has 3 unspecified atom stereocenters. The van der Waals surface area contributed by atoms with E-state index in [-0.39, 0.29) is 24.4 Å². The Kier molecular flexibility index (Phi) is 10.7. The van der Waals surface area contributed by atoms with Gasteiger partial charge in [0.2, 0.25) is 0 Å². The lowest BCUT2D eigenvalue weighted by atomic mass is 9.87. The van der Waals surface area contributed by atoms with Gasteiger partial charge in [-0.05, 0) is 61.1 Å². The van der Waals surface area contributed by atoms with Crippen molar-refractivity contribution in [3.63, 3.8) is 0 Å². The Morgan fingerprint density at radius 1 is 0.907 bits per heavy atom. The monoisotopic (exact) mass is 584 g/mol. The number of piperidine rings is 1. The van der Waals surface area contributed by atoms with Crippen molar-refractivity contribution in [2.24, 2.45) is 17.8 Å². The zero-order valence-electron chi connectivity index (χ0n) is 25.4. The number of alkyl carbamates (subject to hydrolysis) is 1. The Morgan fingerprint density at radius 2 is 1.63 bits per heavy atom. The first-order valence-corrected chi connectivity index (χ1v) is 15.5. The first-order chi connectivity index (χ1) is 21.0. The number of esters is 1. The smallest absolute Gasteiger partial charge is 0.407 e. The van der Waals surface area contributed by atoms with Crippen LogP contribution in [0.5, 0.6) is 5.75 Å². The second-order valence-corrected chi connectivity index (χ2v) is 11.9. The van der Waals surface area contributed by atoms with Gasteiger partial charge in [-0.2, -0.15) is 0 Å². The second kappa shape index (κ2) is 15.1. The minimum Gasteiger partial charge on any atom is -0.496 e. The normalized spacial score (nSPS) is 19.7. The minimum absolute atomic E-state index is 0.163. The Balaban J connectivity index is 0.937. The van der Waals surface area contributed by atoms with Crippen LogP contribution in [-0.4, -0.2) is 56.9 Å². The van der Waals surface area contributed by atoms with Crippen LogP contribution in [-0.2, 0) is 20.8 Å². The van der Waals surface area contributed by atoms with E-state index in [4.69, 9.17) is 14.2 Å². The highest BCUT2D eigenvalue weighted by atomic mass is 16.5. The molecule has 1 amide bonds. The van der Waals surface area contributed by atoms with Gasteiger partial charge in [0.05, 0.1) is 26.7 Å². The molecule has 2 aliphatic rings. The summed E-state index contributed by atoms with van der Waals surface area (Å²) in [5.41, 5.74) is 4.50. The predicted octanol–water partition coefficient (Wildman–Crippen LogP) is 6.34. The van der Waals surface area contributed by atoms with E-state index in [0.29, 0.717) is 38.5 Å². The van der Waals surface area contributed by atoms with Gasteiger partial charge in [0.15, 0.2) is 0 Å². The van der Waals surface area contributed by atoms with Gasteiger partial charge in [-0.1, -0.05) is 78.4 Å². The van der Waals surface area contributed by atoms with Crippen molar-refractivity contribution in [3.05, 3.63) is 101 Å².